The Morgan fingerprint density at radius 2 is 0.900 bits per heavy atom. The van der Waals surface area contributed by atoms with Crippen LogP contribution in [0.3, 0.4) is 0 Å². The van der Waals surface area contributed by atoms with Crippen molar-refractivity contribution < 1.29 is 4.42 Å². The van der Waals surface area contributed by atoms with Crippen molar-refractivity contribution >= 4 is 86.8 Å². The highest BCUT2D eigenvalue weighted by Gasteiger charge is 2.23. The van der Waals surface area contributed by atoms with Gasteiger partial charge in [-0.3, -0.25) is 4.57 Å². The minimum atomic E-state index is 0.550. The Kier molecular flexibility index (Phi) is 6.95. The van der Waals surface area contributed by atoms with Crippen LogP contribution in [0.4, 0.5) is 0 Å². The van der Waals surface area contributed by atoms with Gasteiger partial charge in [0.25, 0.3) is 0 Å². The van der Waals surface area contributed by atoms with E-state index in [9.17, 15) is 0 Å². The molecule has 0 amide bonds. The lowest BCUT2D eigenvalue weighted by molar-refractivity contribution is 0.672. The van der Waals surface area contributed by atoms with Crippen molar-refractivity contribution in [3.05, 3.63) is 194 Å². The molecule has 0 atom stereocenters. The van der Waals surface area contributed by atoms with Crippen LogP contribution in [0.5, 0.6) is 0 Å². The third-order valence-electron chi connectivity index (χ3n) is 12.2. The van der Waals surface area contributed by atoms with Crippen molar-refractivity contribution in [3.63, 3.8) is 0 Å². The number of fused-ring (bicyclic) bond motifs is 13. The molecule has 0 radical (unpaired) electrons. The zero-order chi connectivity index (χ0) is 39.3. The summed E-state index contributed by atoms with van der Waals surface area (Å²) in [5.41, 5.74) is 7.87. The number of furan rings is 1. The first-order valence-corrected chi connectivity index (χ1v) is 20.3. The largest absolute Gasteiger partial charge is 0.455 e. The predicted molar refractivity (Wildman–Crippen MR) is 248 cm³/mol. The molecule has 278 valence electrons. The van der Waals surface area contributed by atoms with Crippen LogP contribution in [0.15, 0.2) is 199 Å². The lowest BCUT2D eigenvalue weighted by Gasteiger charge is -2.14. The molecule has 5 heteroatoms. The molecule has 0 fully saturated rings. The summed E-state index contributed by atoms with van der Waals surface area (Å²) in [5, 5.41) is 13.3. The van der Waals surface area contributed by atoms with Crippen molar-refractivity contribution in [2.75, 3.05) is 0 Å². The normalized spacial score (nSPS) is 12.0. The van der Waals surface area contributed by atoms with Crippen molar-refractivity contribution in [1.29, 1.82) is 0 Å². The number of hydrogen-bond acceptors (Lipinski definition) is 4. The Labute approximate surface area is 343 Å². The maximum absolute atomic E-state index is 6.68. The van der Waals surface area contributed by atoms with Crippen LogP contribution in [0, 0.1) is 0 Å². The molecule has 13 rings (SSSR count). The highest BCUT2D eigenvalue weighted by atomic mass is 16.3. The summed E-state index contributed by atoms with van der Waals surface area (Å²) in [6, 6.07) is 68.6. The molecule has 0 aliphatic heterocycles. The van der Waals surface area contributed by atoms with E-state index in [1.807, 2.05) is 12.1 Å². The second-order valence-electron chi connectivity index (χ2n) is 15.5. The standard InChI is InChI=1S/C55H32N4O/c1-2-12-33(13-3-1)39-21-10-17-37-24-25-38(32-47(37)39)53-56-54(46-22-11-23-48-49(46)45-31-28-36-16-6-9-20-42(36)52(45)60-48)58-55(57-53)59-50-40-18-7-4-14-34(40)26-29-43(50)44-30-27-35-15-5-8-19-41(35)51(44)59/h1-32H. The molecule has 0 unspecified atom stereocenters. The SMILES string of the molecule is c1ccc(-c2cccc3ccc(-c4nc(-c5cccc6oc7c8ccccc8ccc7c56)nc(-n5c6c7ccccc7ccc6c6ccc7ccccc7c65)n4)cc23)cc1. The van der Waals surface area contributed by atoms with Crippen LogP contribution in [-0.4, -0.2) is 19.5 Å². The predicted octanol–water partition coefficient (Wildman–Crippen LogP) is 14.5. The Morgan fingerprint density at radius 3 is 1.63 bits per heavy atom. The molecule has 0 N–H and O–H groups in total. The Bertz CT molecular complexity index is 3810. The molecule has 0 aliphatic carbocycles. The summed E-state index contributed by atoms with van der Waals surface area (Å²) in [6.45, 7) is 0. The molecule has 0 aliphatic rings. The van der Waals surface area contributed by atoms with Crippen LogP contribution in [-0.2, 0) is 0 Å². The summed E-state index contributed by atoms with van der Waals surface area (Å²) < 4.78 is 8.96. The molecular formula is C55H32N4O. The van der Waals surface area contributed by atoms with Gasteiger partial charge in [-0.1, -0.05) is 176 Å². The summed E-state index contributed by atoms with van der Waals surface area (Å²) >= 11 is 0. The number of hydrogen-bond donors (Lipinski definition) is 0. The molecule has 3 heterocycles. The molecule has 5 nitrogen and oxygen atoms in total. The van der Waals surface area contributed by atoms with Crippen LogP contribution in [0.2, 0.25) is 0 Å². The maximum Gasteiger partial charge on any atom is 0.238 e. The fourth-order valence-corrected chi connectivity index (χ4v) is 9.47. The van der Waals surface area contributed by atoms with Crippen LogP contribution >= 0.6 is 0 Å². The van der Waals surface area contributed by atoms with Crippen molar-refractivity contribution in [3.8, 4) is 39.9 Å². The van der Waals surface area contributed by atoms with E-state index >= 15 is 0 Å². The van der Waals surface area contributed by atoms with Gasteiger partial charge in [-0.2, -0.15) is 9.97 Å². The molecular weight excluding hydrogens is 733 g/mol. The summed E-state index contributed by atoms with van der Waals surface area (Å²) in [7, 11) is 0. The number of aromatic nitrogens is 4. The van der Waals surface area contributed by atoms with Gasteiger partial charge in [0.2, 0.25) is 5.95 Å². The van der Waals surface area contributed by atoms with E-state index < -0.39 is 0 Å². The van der Waals surface area contributed by atoms with Gasteiger partial charge < -0.3 is 4.42 Å². The molecule has 0 spiro atoms. The fraction of sp³-hybridized carbons (Fsp3) is 0. The van der Waals surface area contributed by atoms with Gasteiger partial charge >= 0.3 is 0 Å². The van der Waals surface area contributed by atoms with Gasteiger partial charge in [0.05, 0.1) is 11.0 Å². The molecule has 0 saturated carbocycles. The Hall–Kier alpha value is -8.15. The van der Waals surface area contributed by atoms with Gasteiger partial charge in [0, 0.05) is 48.8 Å². The lowest BCUT2D eigenvalue weighted by atomic mass is 9.96. The van der Waals surface area contributed by atoms with Crippen molar-refractivity contribution in [2.45, 2.75) is 0 Å². The second kappa shape index (κ2) is 12.7. The van der Waals surface area contributed by atoms with Crippen LogP contribution in [0.1, 0.15) is 0 Å². The molecule has 10 aromatic carbocycles. The van der Waals surface area contributed by atoms with E-state index in [0.29, 0.717) is 17.6 Å². The van der Waals surface area contributed by atoms with E-state index in [1.54, 1.807) is 0 Å². The highest BCUT2D eigenvalue weighted by molar-refractivity contribution is 6.24. The Morgan fingerprint density at radius 1 is 0.350 bits per heavy atom. The fourth-order valence-electron chi connectivity index (χ4n) is 9.47. The molecule has 60 heavy (non-hydrogen) atoms. The first-order valence-electron chi connectivity index (χ1n) is 20.3. The average molecular weight is 765 g/mol. The molecule has 13 aromatic rings. The van der Waals surface area contributed by atoms with Crippen LogP contribution in [0.25, 0.3) is 127 Å². The minimum absolute atomic E-state index is 0.550. The van der Waals surface area contributed by atoms with Gasteiger partial charge in [0.1, 0.15) is 11.2 Å². The van der Waals surface area contributed by atoms with E-state index in [-0.39, 0.29) is 0 Å². The number of nitrogens with zero attached hydrogens (tertiary/aromatic N) is 4. The minimum Gasteiger partial charge on any atom is -0.455 e. The maximum atomic E-state index is 6.68. The summed E-state index contributed by atoms with van der Waals surface area (Å²) in [5.74, 6) is 1.71. The summed E-state index contributed by atoms with van der Waals surface area (Å²) in [6.07, 6.45) is 0. The van der Waals surface area contributed by atoms with Gasteiger partial charge in [0.15, 0.2) is 11.6 Å². The van der Waals surface area contributed by atoms with E-state index in [2.05, 4.69) is 187 Å². The Balaban J connectivity index is 1.16. The summed E-state index contributed by atoms with van der Waals surface area (Å²) in [4.78, 5) is 16.4. The van der Waals surface area contributed by atoms with E-state index in [1.165, 1.54) is 0 Å². The van der Waals surface area contributed by atoms with Gasteiger partial charge in [-0.15, -0.1) is 0 Å². The second-order valence-corrected chi connectivity index (χ2v) is 15.5. The molecule has 0 saturated heterocycles. The van der Waals surface area contributed by atoms with Crippen LogP contribution < -0.4 is 0 Å². The monoisotopic (exact) mass is 764 g/mol. The average Bonchev–Trinajstić information content (AvgIpc) is 3.88. The first-order chi connectivity index (χ1) is 29.7. The van der Waals surface area contributed by atoms with E-state index in [4.69, 9.17) is 19.4 Å². The third-order valence-corrected chi connectivity index (χ3v) is 12.2. The zero-order valence-electron chi connectivity index (χ0n) is 32.2. The van der Waals surface area contributed by atoms with Gasteiger partial charge in [-0.25, -0.2) is 4.98 Å². The van der Waals surface area contributed by atoms with Crippen molar-refractivity contribution in [1.82, 2.24) is 19.5 Å². The number of rotatable bonds is 4. The highest BCUT2D eigenvalue weighted by Crippen LogP contribution is 2.42. The topological polar surface area (TPSA) is 56.7 Å². The smallest absolute Gasteiger partial charge is 0.238 e. The molecule has 0 bridgehead atoms. The van der Waals surface area contributed by atoms with Gasteiger partial charge in [-0.05, 0) is 56.3 Å². The van der Waals surface area contributed by atoms with E-state index in [0.717, 1.165) is 109 Å². The third kappa shape index (κ3) is 4.84. The molecule has 3 aromatic heterocycles. The lowest BCUT2D eigenvalue weighted by Crippen LogP contribution is -2.07. The van der Waals surface area contributed by atoms with Crippen molar-refractivity contribution in [2.24, 2.45) is 0 Å². The first kappa shape index (κ1) is 32.9. The quantitative estimate of drug-likeness (QED) is 0.179. The number of benzene rings is 10. The zero-order valence-corrected chi connectivity index (χ0v) is 32.2.